The van der Waals surface area contributed by atoms with Crippen LogP contribution in [-0.4, -0.2) is 38.2 Å². The van der Waals surface area contributed by atoms with Crippen molar-refractivity contribution in [2.24, 2.45) is 5.92 Å². The smallest absolute Gasteiger partial charge is 0.332 e. The lowest BCUT2D eigenvalue weighted by Crippen LogP contribution is -2.44. The van der Waals surface area contributed by atoms with Gasteiger partial charge in [0.05, 0.1) is 6.42 Å². The van der Waals surface area contributed by atoms with E-state index in [-0.39, 0.29) is 17.7 Å². The van der Waals surface area contributed by atoms with Crippen molar-refractivity contribution >= 4 is 5.91 Å². The number of hydrogen-bond donors (Lipinski definition) is 0. The molecule has 0 saturated carbocycles. The number of hydrogen-bond acceptors (Lipinski definition) is 4. The largest absolute Gasteiger partial charge is 0.342 e. The number of piperidine rings is 1. The minimum Gasteiger partial charge on any atom is -0.342 e. The summed E-state index contributed by atoms with van der Waals surface area (Å²) in [5.41, 5.74) is 1.13. The van der Waals surface area contributed by atoms with Crippen molar-refractivity contribution in [3.8, 4) is 0 Å². The van der Waals surface area contributed by atoms with Crippen molar-refractivity contribution in [1.82, 2.24) is 19.2 Å². The minimum atomic E-state index is -0.563. The van der Waals surface area contributed by atoms with Crippen LogP contribution in [-0.2, 0) is 24.3 Å². The van der Waals surface area contributed by atoms with Crippen LogP contribution in [0.15, 0.2) is 33.9 Å². The fourth-order valence-corrected chi connectivity index (χ4v) is 4.18. The number of nitrogens with zero attached hydrogens (tertiary/aromatic N) is 4. The number of likely N-dealkylation sites (tertiary alicyclic amines) is 1. The van der Waals surface area contributed by atoms with Crippen molar-refractivity contribution in [1.29, 1.82) is 0 Å². The standard InChI is InChI=1S/C20H24N4O3/c1-3-24-20(27)19(26)23-11-15-8-9-22(12-16(15)18(23)21-24)17(25)10-14-6-4-13(2)5-7-14/h4-7,15-16H,3,8-12H2,1-2H3. The first-order chi connectivity index (χ1) is 13.0. The van der Waals surface area contributed by atoms with Crippen LogP contribution in [0.3, 0.4) is 0 Å². The highest BCUT2D eigenvalue weighted by atomic mass is 16.2. The van der Waals surface area contributed by atoms with Gasteiger partial charge in [0.25, 0.3) is 0 Å². The van der Waals surface area contributed by atoms with E-state index in [9.17, 15) is 14.4 Å². The first-order valence-corrected chi connectivity index (χ1v) is 9.53. The fourth-order valence-electron chi connectivity index (χ4n) is 4.18. The van der Waals surface area contributed by atoms with Crippen LogP contribution >= 0.6 is 0 Å². The van der Waals surface area contributed by atoms with Crippen molar-refractivity contribution < 1.29 is 4.79 Å². The van der Waals surface area contributed by atoms with Gasteiger partial charge in [0, 0.05) is 32.1 Å². The van der Waals surface area contributed by atoms with Gasteiger partial charge >= 0.3 is 11.1 Å². The highest BCUT2D eigenvalue weighted by Crippen LogP contribution is 2.37. The third-order valence-corrected chi connectivity index (χ3v) is 5.80. The molecule has 1 aromatic heterocycles. The molecule has 2 aliphatic heterocycles. The molecule has 3 heterocycles. The van der Waals surface area contributed by atoms with E-state index in [1.165, 1.54) is 14.8 Å². The van der Waals surface area contributed by atoms with Gasteiger partial charge in [0.15, 0.2) is 0 Å². The highest BCUT2D eigenvalue weighted by Gasteiger charge is 2.40. The molecule has 27 heavy (non-hydrogen) atoms. The second-order valence-electron chi connectivity index (χ2n) is 7.55. The third kappa shape index (κ3) is 3.11. The van der Waals surface area contributed by atoms with Crippen LogP contribution in [0.2, 0.25) is 0 Å². The maximum atomic E-state index is 12.8. The first kappa shape index (κ1) is 17.7. The van der Waals surface area contributed by atoms with Gasteiger partial charge in [-0.2, -0.15) is 5.10 Å². The molecule has 0 bridgehead atoms. The summed E-state index contributed by atoms with van der Waals surface area (Å²) in [6.07, 6.45) is 1.21. The average Bonchev–Trinajstić information content (AvgIpc) is 3.04. The number of aromatic nitrogens is 3. The van der Waals surface area contributed by atoms with Gasteiger partial charge < -0.3 is 4.90 Å². The predicted molar refractivity (Wildman–Crippen MR) is 101 cm³/mol. The van der Waals surface area contributed by atoms with Crippen LogP contribution in [0.25, 0.3) is 0 Å². The van der Waals surface area contributed by atoms with E-state index >= 15 is 0 Å². The normalized spacial score (nSPS) is 21.0. The predicted octanol–water partition coefficient (Wildman–Crippen LogP) is 0.922. The zero-order valence-electron chi connectivity index (χ0n) is 15.7. The summed E-state index contributed by atoms with van der Waals surface area (Å²) >= 11 is 0. The zero-order valence-corrected chi connectivity index (χ0v) is 15.7. The number of fused-ring (bicyclic) bond motifs is 3. The second-order valence-corrected chi connectivity index (χ2v) is 7.55. The Bertz CT molecular complexity index is 990. The molecule has 7 nitrogen and oxygen atoms in total. The lowest BCUT2D eigenvalue weighted by Gasteiger charge is -2.34. The lowest BCUT2D eigenvalue weighted by atomic mass is 9.87. The molecule has 2 atom stereocenters. The first-order valence-electron chi connectivity index (χ1n) is 9.53. The van der Waals surface area contributed by atoms with E-state index in [4.69, 9.17) is 0 Å². The lowest BCUT2D eigenvalue weighted by molar-refractivity contribution is -0.132. The summed E-state index contributed by atoms with van der Waals surface area (Å²) in [4.78, 5) is 39.1. The summed E-state index contributed by atoms with van der Waals surface area (Å²) in [5.74, 6) is 1.04. The van der Waals surface area contributed by atoms with Crippen LogP contribution in [0.4, 0.5) is 0 Å². The van der Waals surface area contributed by atoms with Gasteiger partial charge in [-0.1, -0.05) is 29.8 Å². The molecule has 4 rings (SSSR count). The monoisotopic (exact) mass is 368 g/mol. The Morgan fingerprint density at radius 3 is 2.59 bits per heavy atom. The Kier molecular flexibility index (Phi) is 4.45. The molecular weight excluding hydrogens is 344 g/mol. The highest BCUT2D eigenvalue weighted by molar-refractivity contribution is 5.79. The van der Waals surface area contributed by atoms with E-state index in [0.717, 1.165) is 12.0 Å². The van der Waals surface area contributed by atoms with E-state index in [1.807, 2.05) is 36.1 Å². The molecule has 1 saturated heterocycles. The quantitative estimate of drug-likeness (QED) is 0.755. The zero-order chi connectivity index (χ0) is 19.1. The number of rotatable bonds is 3. The minimum absolute atomic E-state index is 0.0202. The number of amides is 1. The molecule has 1 aromatic carbocycles. The maximum absolute atomic E-state index is 12.8. The molecule has 2 unspecified atom stereocenters. The molecule has 0 N–H and O–H groups in total. The summed E-state index contributed by atoms with van der Waals surface area (Å²) in [6.45, 7) is 5.98. The van der Waals surface area contributed by atoms with Crippen molar-refractivity contribution in [2.45, 2.75) is 45.7 Å². The Morgan fingerprint density at radius 2 is 1.89 bits per heavy atom. The van der Waals surface area contributed by atoms with Crippen LogP contribution in [0.5, 0.6) is 0 Å². The van der Waals surface area contributed by atoms with Crippen LogP contribution in [0, 0.1) is 12.8 Å². The summed E-state index contributed by atoms with van der Waals surface area (Å²) in [6, 6.07) is 8.02. The third-order valence-electron chi connectivity index (χ3n) is 5.80. The SMILES string of the molecule is CCn1nc2n(c(=O)c1=O)CC1CCN(C(=O)Cc3ccc(C)cc3)CC21. The van der Waals surface area contributed by atoms with Crippen molar-refractivity contribution in [3.63, 3.8) is 0 Å². The molecule has 7 heteroatoms. The Balaban J connectivity index is 1.56. The van der Waals surface area contributed by atoms with E-state index in [2.05, 4.69) is 5.10 Å². The number of carbonyl (C=O) groups excluding carboxylic acids is 1. The molecule has 1 fully saturated rings. The molecule has 0 aliphatic carbocycles. The molecule has 1 amide bonds. The fraction of sp³-hybridized carbons (Fsp3) is 0.500. The average molecular weight is 368 g/mol. The van der Waals surface area contributed by atoms with Gasteiger partial charge in [0.1, 0.15) is 5.82 Å². The number of aryl methyl sites for hydroxylation is 2. The molecule has 0 radical (unpaired) electrons. The van der Waals surface area contributed by atoms with Gasteiger partial charge in [-0.05, 0) is 31.7 Å². The summed E-state index contributed by atoms with van der Waals surface area (Å²) in [7, 11) is 0. The molecule has 142 valence electrons. The van der Waals surface area contributed by atoms with Gasteiger partial charge in [0.2, 0.25) is 5.91 Å². The molecular formula is C20H24N4O3. The molecule has 2 aromatic rings. The number of carbonyl (C=O) groups is 1. The van der Waals surface area contributed by atoms with E-state index in [0.29, 0.717) is 38.4 Å². The molecule has 2 aliphatic rings. The number of benzene rings is 1. The second kappa shape index (κ2) is 6.79. The maximum Gasteiger partial charge on any atom is 0.332 e. The van der Waals surface area contributed by atoms with Crippen LogP contribution in [0.1, 0.15) is 36.2 Å². The van der Waals surface area contributed by atoms with Gasteiger partial charge in [-0.3, -0.25) is 19.0 Å². The molecule has 0 spiro atoms. The van der Waals surface area contributed by atoms with Crippen molar-refractivity contribution in [2.75, 3.05) is 13.1 Å². The van der Waals surface area contributed by atoms with E-state index < -0.39 is 11.1 Å². The Hall–Kier alpha value is -2.70. The van der Waals surface area contributed by atoms with E-state index in [1.54, 1.807) is 6.92 Å². The topological polar surface area (TPSA) is 77.2 Å². The van der Waals surface area contributed by atoms with Gasteiger partial charge in [-0.15, -0.1) is 0 Å². The van der Waals surface area contributed by atoms with Gasteiger partial charge in [-0.25, -0.2) is 4.68 Å². The summed E-state index contributed by atoms with van der Waals surface area (Å²) < 4.78 is 2.77. The Morgan fingerprint density at radius 1 is 1.15 bits per heavy atom. The summed E-state index contributed by atoms with van der Waals surface area (Å²) in [5, 5.41) is 4.43. The van der Waals surface area contributed by atoms with Crippen molar-refractivity contribution in [3.05, 3.63) is 61.9 Å². The Labute approximate surface area is 157 Å². The van der Waals surface area contributed by atoms with Crippen LogP contribution < -0.4 is 11.1 Å².